The van der Waals surface area contributed by atoms with E-state index in [4.69, 9.17) is 10.5 Å². The number of likely N-dealkylation sites (tertiary alicyclic amines) is 1. The number of nitrogens with two attached hydrogens (primary N) is 1. The molecule has 1 aromatic heterocycles. The average molecular weight is 385 g/mol. The number of benzene rings is 1. The van der Waals surface area contributed by atoms with Crippen LogP contribution in [0.1, 0.15) is 29.1 Å². The van der Waals surface area contributed by atoms with Gasteiger partial charge in [0.1, 0.15) is 12.4 Å². The Hall–Kier alpha value is -2.67. The quantitative estimate of drug-likeness (QED) is 0.775. The van der Waals surface area contributed by atoms with Crippen LogP contribution in [0.2, 0.25) is 0 Å². The van der Waals surface area contributed by atoms with E-state index in [0.717, 1.165) is 29.1 Å². The Morgan fingerprint density at radius 3 is 2.96 bits per heavy atom. The summed E-state index contributed by atoms with van der Waals surface area (Å²) in [5.74, 6) is -0.0208. The van der Waals surface area contributed by atoms with Gasteiger partial charge >= 0.3 is 0 Å². The molecule has 0 spiro atoms. The lowest BCUT2D eigenvalue weighted by Gasteiger charge is -2.30. The van der Waals surface area contributed by atoms with Gasteiger partial charge in [0.2, 0.25) is 11.8 Å². The SMILES string of the molecule is Cc1nc(COc2ccccc2/C=C/C(=O)N2CCCC(C(N)=O)C2)cs1. The zero-order chi connectivity index (χ0) is 19.2. The minimum atomic E-state index is -0.340. The van der Waals surface area contributed by atoms with E-state index in [-0.39, 0.29) is 17.7 Å². The summed E-state index contributed by atoms with van der Waals surface area (Å²) in [7, 11) is 0. The van der Waals surface area contributed by atoms with Crippen LogP contribution in [0.25, 0.3) is 6.08 Å². The number of carbonyl (C=O) groups excluding carboxylic acids is 2. The molecule has 27 heavy (non-hydrogen) atoms. The number of nitrogens with zero attached hydrogens (tertiary/aromatic N) is 2. The van der Waals surface area contributed by atoms with Crippen molar-refractivity contribution in [2.24, 2.45) is 11.7 Å². The van der Waals surface area contributed by atoms with E-state index < -0.39 is 0 Å². The predicted octanol–water partition coefficient (Wildman–Crippen LogP) is 2.77. The summed E-state index contributed by atoms with van der Waals surface area (Å²) < 4.78 is 5.87. The first-order chi connectivity index (χ1) is 13.0. The van der Waals surface area contributed by atoms with Crippen molar-refractivity contribution in [2.45, 2.75) is 26.4 Å². The lowest BCUT2D eigenvalue weighted by Crippen LogP contribution is -2.43. The Bertz CT molecular complexity index is 847. The summed E-state index contributed by atoms with van der Waals surface area (Å²) >= 11 is 1.59. The Morgan fingerprint density at radius 1 is 1.41 bits per heavy atom. The normalized spacial score (nSPS) is 17.2. The molecule has 0 saturated carbocycles. The summed E-state index contributed by atoms with van der Waals surface area (Å²) in [6, 6.07) is 7.55. The number of thiazole rings is 1. The summed E-state index contributed by atoms with van der Waals surface area (Å²) in [5.41, 5.74) is 7.09. The van der Waals surface area contributed by atoms with Gasteiger partial charge in [0.15, 0.2) is 0 Å². The molecule has 1 saturated heterocycles. The molecule has 0 radical (unpaired) electrons. The molecule has 1 unspecified atom stereocenters. The zero-order valence-electron chi connectivity index (χ0n) is 15.3. The number of piperidine rings is 1. The number of rotatable bonds is 6. The molecule has 6 nitrogen and oxygen atoms in total. The number of aromatic nitrogens is 1. The maximum atomic E-state index is 12.5. The molecule has 1 aromatic carbocycles. The Morgan fingerprint density at radius 2 is 2.22 bits per heavy atom. The first-order valence-corrected chi connectivity index (χ1v) is 9.80. The summed E-state index contributed by atoms with van der Waals surface area (Å²) in [6.07, 6.45) is 4.81. The molecule has 1 aliphatic heterocycles. The molecule has 0 aliphatic carbocycles. The van der Waals surface area contributed by atoms with Gasteiger partial charge in [-0.15, -0.1) is 11.3 Å². The molecule has 3 rings (SSSR count). The molecule has 2 aromatic rings. The van der Waals surface area contributed by atoms with Gasteiger partial charge < -0.3 is 15.4 Å². The van der Waals surface area contributed by atoms with E-state index in [0.29, 0.717) is 25.4 Å². The van der Waals surface area contributed by atoms with Crippen molar-refractivity contribution in [1.82, 2.24) is 9.88 Å². The highest BCUT2D eigenvalue weighted by molar-refractivity contribution is 7.09. The van der Waals surface area contributed by atoms with Gasteiger partial charge in [-0.25, -0.2) is 4.98 Å². The third kappa shape index (κ3) is 5.17. The number of ether oxygens (including phenoxy) is 1. The van der Waals surface area contributed by atoms with Crippen molar-refractivity contribution in [2.75, 3.05) is 13.1 Å². The van der Waals surface area contributed by atoms with Gasteiger partial charge in [-0.1, -0.05) is 18.2 Å². The third-order valence-electron chi connectivity index (χ3n) is 4.50. The molecule has 0 bridgehead atoms. The number of primary amides is 1. The topological polar surface area (TPSA) is 85.5 Å². The van der Waals surface area contributed by atoms with E-state index in [1.54, 1.807) is 22.3 Å². The van der Waals surface area contributed by atoms with Crippen LogP contribution in [0.4, 0.5) is 0 Å². The van der Waals surface area contributed by atoms with Crippen molar-refractivity contribution in [1.29, 1.82) is 0 Å². The van der Waals surface area contributed by atoms with Gasteiger partial charge in [0.05, 0.1) is 16.6 Å². The molecular formula is C20H23N3O3S. The fourth-order valence-electron chi connectivity index (χ4n) is 3.05. The van der Waals surface area contributed by atoms with Crippen molar-refractivity contribution in [3.63, 3.8) is 0 Å². The van der Waals surface area contributed by atoms with Crippen molar-refractivity contribution in [3.05, 3.63) is 52.0 Å². The lowest BCUT2D eigenvalue weighted by atomic mass is 9.97. The molecule has 1 fully saturated rings. The largest absolute Gasteiger partial charge is 0.487 e. The summed E-state index contributed by atoms with van der Waals surface area (Å²) in [5, 5.41) is 2.98. The highest BCUT2D eigenvalue weighted by Gasteiger charge is 2.25. The molecule has 1 atom stereocenters. The summed E-state index contributed by atoms with van der Waals surface area (Å²) in [4.78, 5) is 29.9. The molecular weight excluding hydrogens is 362 g/mol. The highest BCUT2D eigenvalue weighted by atomic mass is 32.1. The van der Waals surface area contributed by atoms with Crippen molar-refractivity contribution < 1.29 is 14.3 Å². The van der Waals surface area contributed by atoms with E-state index in [1.165, 1.54) is 6.08 Å². The number of amides is 2. The summed E-state index contributed by atoms with van der Waals surface area (Å²) in [6.45, 7) is 3.38. The molecule has 7 heteroatoms. The van der Waals surface area contributed by atoms with Crippen molar-refractivity contribution in [3.8, 4) is 5.75 Å². The van der Waals surface area contributed by atoms with Crippen LogP contribution in [0.5, 0.6) is 5.75 Å². The van der Waals surface area contributed by atoms with E-state index >= 15 is 0 Å². The Balaban J connectivity index is 1.64. The van der Waals surface area contributed by atoms with Crippen LogP contribution >= 0.6 is 11.3 Å². The smallest absolute Gasteiger partial charge is 0.246 e. The number of aryl methyl sites for hydroxylation is 1. The number of hydrogen-bond donors (Lipinski definition) is 1. The van der Waals surface area contributed by atoms with E-state index in [2.05, 4.69) is 4.98 Å². The van der Waals surface area contributed by atoms with Crippen LogP contribution in [0, 0.1) is 12.8 Å². The van der Waals surface area contributed by atoms with Gasteiger partial charge in [-0.2, -0.15) is 0 Å². The van der Waals surface area contributed by atoms with Crippen molar-refractivity contribution >= 4 is 29.2 Å². The van der Waals surface area contributed by atoms with Crippen LogP contribution < -0.4 is 10.5 Å². The lowest BCUT2D eigenvalue weighted by molar-refractivity contribution is -0.130. The van der Waals surface area contributed by atoms with Gasteiger partial charge in [-0.3, -0.25) is 9.59 Å². The number of carbonyl (C=O) groups is 2. The van der Waals surface area contributed by atoms with Crippen LogP contribution in [0.3, 0.4) is 0 Å². The monoisotopic (exact) mass is 385 g/mol. The standard InChI is InChI=1S/C20H23N3O3S/c1-14-22-17(13-27-14)12-26-18-7-3-2-5-15(18)8-9-19(24)23-10-4-6-16(11-23)20(21)25/h2-3,5,7-9,13,16H,4,6,10-12H2,1H3,(H2,21,25)/b9-8+. The van der Waals surface area contributed by atoms with E-state index in [9.17, 15) is 9.59 Å². The number of para-hydroxylation sites is 1. The second-order valence-electron chi connectivity index (χ2n) is 6.54. The number of hydrogen-bond acceptors (Lipinski definition) is 5. The van der Waals surface area contributed by atoms with Gasteiger partial charge in [0, 0.05) is 30.1 Å². The highest BCUT2D eigenvalue weighted by Crippen LogP contribution is 2.22. The van der Waals surface area contributed by atoms with Crippen LogP contribution in [-0.2, 0) is 16.2 Å². The first kappa shape index (κ1) is 19.1. The molecule has 142 valence electrons. The minimum absolute atomic E-state index is 0.120. The van der Waals surface area contributed by atoms with Gasteiger partial charge in [-0.05, 0) is 31.9 Å². The van der Waals surface area contributed by atoms with E-state index in [1.807, 2.05) is 36.6 Å². The first-order valence-electron chi connectivity index (χ1n) is 8.92. The fourth-order valence-corrected chi connectivity index (χ4v) is 3.65. The minimum Gasteiger partial charge on any atom is -0.487 e. The van der Waals surface area contributed by atoms with Crippen LogP contribution in [0.15, 0.2) is 35.7 Å². The molecule has 2 heterocycles. The second-order valence-corrected chi connectivity index (χ2v) is 7.61. The maximum absolute atomic E-state index is 12.5. The Labute approximate surface area is 162 Å². The zero-order valence-corrected chi connectivity index (χ0v) is 16.1. The maximum Gasteiger partial charge on any atom is 0.246 e. The molecule has 2 amide bonds. The average Bonchev–Trinajstić information content (AvgIpc) is 3.10. The fraction of sp³-hybridized carbons (Fsp3) is 0.350. The second kappa shape index (κ2) is 8.81. The van der Waals surface area contributed by atoms with Gasteiger partial charge in [0.25, 0.3) is 0 Å². The third-order valence-corrected chi connectivity index (χ3v) is 5.32. The molecule has 1 aliphatic rings. The molecule has 2 N–H and O–H groups in total. The van der Waals surface area contributed by atoms with Crippen LogP contribution in [-0.4, -0.2) is 34.8 Å². The Kier molecular flexibility index (Phi) is 6.24. The predicted molar refractivity (Wildman–Crippen MR) is 105 cm³/mol.